The lowest BCUT2D eigenvalue weighted by Crippen LogP contribution is -2.50. The van der Waals surface area contributed by atoms with Gasteiger partial charge in [0.1, 0.15) is 5.60 Å². The number of nitrogens with one attached hydrogen (secondary N) is 1. The van der Waals surface area contributed by atoms with Gasteiger partial charge in [-0.3, -0.25) is 0 Å². The molecule has 0 spiro atoms. The topological polar surface area (TPSA) is 65.0 Å². The van der Waals surface area contributed by atoms with Gasteiger partial charge in [-0.05, 0) is 27.3 Å². The van der Waals surface area contributed by atoms with E-state index in [9.17, 15) is 4.79 Å². The summed E-state index contributed by atoms with van der Waals surface area (Å²) in [4.78, 5) is 12.0. The van der Waals surface area contributed by atoms with Gasteiger partial charge in [-0.2, -0.15) is 0 Å². The fourth-order valence-electron chi connectivity index (χ4n) is 1.34. The number of aliphatic hydroxyl groups excluding tert-OH is 1. The predicted octanol–water partition coefficient (Wildman–Crippen LogP) is 0.672. The molecule has 2 N–H and O–H groups in total. The molecular formula is C12H27N3O3. The number of hydrazine groups is 1. The van der Waals surface area contributed by atoms with Crippen LogP contribution >= 0.6 is 0 Å². The highest BCUT2D eigenvalue weighted by Crippen LogP contribution is 2.10. The first kappa shape index (κ1) is 17.2. The predicted molar refractivity (Wildman–Crippen MR) is 71.2 cm³/mol. The summed E-state index contributed by atoms with van der Waals surface area (Å²) in [5.41, 5.74) is -0.520. The number of nitrogens with zero attached hydrogens (tertiary/aromatic N) is 2. The van der Waals surface area contributed by atoms with Crippen molar-refractivity contribution in [2.24, 2.45) is 0 Å². The zero-order valence-electron chi connectivity index (χ0n) is 12.2. The van der Waals surface area contributed by atoms with Gasteiger partial charge in [0, 0.05) is 20.1 Å². The highest BCUT2D eigenvalue weighted by molar-refractivity contribution is 5.67. The first-order valence-corrected chi connectivity index (χ1v) is 6.35. The van der Waals surface area contributed by atoms with Crippen LogP contribution in [0.25, 0.3) is 0 Å². The largest absolute Gasteiger partial charge is 0.443 e. The summed E-state index contributed by atoms with van der Waals surface area (Å²) in [6.45, 7) is 9.95. The summed E-state index contributed by atoms with van der Waals surface area (Å²) >= 11 is 0. The number of carbonyl (C=O) groups is 1. The summed E-state index contributed by atoms with van der Waals surface area (Å²) < 4.78 is 5.33. The van der Waals surface area contributed by atoms with Crippen LogP contribution in [0.2, 0.25) is 0 Å². The average Bonchev–Trinajstić information content (AvgIpc) is 2.22. The Morgan fingerprint density at radius 2 is 1.94 bits per heavy atom. The van der Waals surface area contributed by atoms with Crippen LogP contribution in [0.5, 0.6) is 0 Å². The number of rotatable bonds is 7. The van der Waals surface area contributed by atoms with Crippen LogP contribution in [0.15, 0.2) is 0 Å². The molecule has 0 aliphatic rings. The lowest BCUT2D eigenvalue weighted by molar-refractivity contribution is -0.0427. The Hall–Kier alpha value is -0.850. The van der Waals surface area contributed by atoms with Crippen LogP contribution in [0.3, 0.4) is 0 Å². The number of aliphatic hydroxyl groups is 1. The first-order chi connectivity index (χ1) is 8.31. The molecule has 0 aliphatic carbocycles. The minimum atomic E-state index is -0.520. The van der Waals surface area contributed by atoms with Gasteiger partial charge in [-0.25, -0.2) is 14.8 Å². The van der Waals surface area contributed by atoms with Gasteiger partial charge < -0.3 is 15.2 Å². The van der Waals surface area contributed by atoms with Crippen LogP contribution in [0.4, 0.5) is 4.79 Å². The minimum absolute atomic E-state index is 0.00297. The van der Waals surface area contributed by atoms with E-state index in [0.29, 0.717) is 19.6 Å². The van der Waals surface area contributed by atoms with Crippen molar-refractivity contribution in [3.8, 4) is 0 Å². The normalized spacial score (nSPS) is 11.7. The maximum atomic E-state index is 12.0. The van der Waals surface area contributed by atoms with Crippen LogP contribution in [0.1, 0.15) is 27.7 Å². The number of ether oxygens (including phenoxy) is 1. The quantitative estimate of drug-likeness (QED) is 0.521. The van der Waals surface area contributed by atoms with E-state index in [4.69, 9.17) is 9.84 Å². The second kappa shape index (κ2) is 8.29. The molecule has 18 heavy (non-hydrogen) atoms. The fourth-order valence-corrected chi connectivity index (χ4v) is 1.34. The van der Waals surface area contributed by atoms with Crippen molar-refractivity contribution in [1.29, 1.82) is 0 Å². The van der Waals surface area contributed by atoms with Crippen molar-refractivity contribution in [2.75, 3.05) is 39.8 Å². The lowest BCUT2D eigenvalue weighted by Gasteiger charge is -2.33. The second-order valence-corrected chi connectivity index (χ2v) is 5.06. The van der Waals surface area contributed by atoms with Crippen LogP contribution in [0, 0.1) is 0 Å². The zero-order chi connectivity index (χ0) is 14.2. The van der Waals surface area contributed by atoms with E-state index < -0.39 is 11.7 Å². The SMILES string of the molecule is CCNCCN(C(=O)OC(C)(C)C)N(C)CCO. The van der Waals surface area contributed by atoms with Gasteiger partial charge in [0.2, 0.25) is 0 Å². The highest BCUT2D eigenvalue weighted by atomic mass is 16.6. The van der Waals surface area contributed by atoms with Gasteiger partial charge in [-0.1, -0.05) is 6.92 Å². The van der Waals surface area contributed by atoms with E-state index in [-0.39, 0.29) is 6.61 Å². The highest BCUT2D eigenvalue weighted by Gasteiger charge is 2.24. The third-order valence-corrected chi connectivity index (χ3v) is 2.19. The molecule has 0 atom stereocenters. The lowest BCUT2D eigenvalue weighted by atomic mass is 10.2. The van der Waals surface area contributed by atoms with Gasteiger partial charge in [0.05, 0.1) is 13.2 Å². The smallest absolute Gasteiger partial charge is 0.425 e. The molecule has 0 radical (unpaired) electrons. The molecule has 6 heteroatoms. The van der Waals surface area contributed by atoms with E-state index in [1.165, 1.54) is 5.01 Å². The molecule has 0 unspecified atom stereocenters. The van der Waals surface area contributed by atoms with Crippen molar-refractivity contribution >= 4 is 6.09 Å². The van der Waals surface area contributed by atoms with E-state index in [2.05, 4.69) is 5.32 Å². The molecule has 0 bridgehead atoms. The van der Waals surface area contributed by atoms with Crippen LogP contribution in [-0.2, 0) is 4.74 Å². The van der Waals surface area contributed by atoms with Crippen molar-refractivity contribution in [2.45, 2.75) is 33.3 Å². The monoisotopic (exact) mass is 261 g/mol. The zero-order valence-corrected chi connectivity index (χ0v) is 12.2. The molecule has 0 saturated heterocycles. The van der Waals surface area contributed by atoms with E-state index in [1.54, 1.807) is 12.1 Å². The average molecular weight is 261 g/mol. The Morgan fingerprint density at radius 3 is 2.39 bits per heavy atom. The third kappa shape index (κ3) is 7.47. The number of hydrogen-bond donors (Lipinski definition) is 2. The van der Waals surface area contributed by atoms with Gasteiger partial charge in [-0.15, -0.1) is 0 Å². The third-order valence-electron chi connectivity index (χ3n) is 2.19. The maximum Gasteiger partial charge on any atom is 0.425 e. The summed E-state index contributed by atoms with van der Waals surface area (Å²) in [7, 11) is 1.76. The number of likely N-dealkylation sites (N-methyl/N-ethyl adjacent to an activating group) is 2. The Balaban J connectivity index is 4.48. The molecule has 6 nitrogen and oxygen atoms in total. The van der Waals surface area contributed by atoms with Crippen molar-refractivity contribution < 1.29 is 14.6 Å². The molecule has 0 rings (SSSR count). The van der Waals surface area contributed by atoms with Gasteiger partial charge in [0.25, 0.3) is 0 Å². The van der Waals surface area contributed by atoms with Gasteiger partial charge >= 0.3 is 6.09 Å². The summed E-state index contributed by atoms with van der Waals surface area (Å²) in [5, 5.41) is 15.3. The number of amides is 1. The van der Waals surface area contributed by atoms with Crippen LogP contribution in [-0.4, -0.2) is 66.7 Å². The molecule has 0 aromatic carbocycles. The van der Waals surface area contributed by atoms with Crippen molar-refractivity contribution in [3.63, 3.8) is 0 Å². The Kier molecular flexibility index (Phi) is 7.90. The summed E-state index contributed by atoms with van der Waals surface area (Å²) in [6, 6.07) is 0. The Morgan fingerprint density at radius 1 is 1.33 bits per heavy atom. The van der Waals surface area contributed by atoms with E-state index >= 15 is 0 Å². The molecule has 108 valence electrons. The summed E-state index contributed by atoms with van der Waals surface area (Å²) in [6.07, 6.45) is -0.392. The fraction of sp³-hybridized carbons (Fsp3) is 0.917. The molecule has 0 aliphatic heterocycles. The Labute approximate surface area is 110 Å². The molecule has 0 heterocycles. The number of carbonyl (C=O) groups excluding carboxylic acids is 1. The molecule has 0 fully saturated rings. The molecule has 0 aromatic heterocycles. The second-order valence-electron chi connectivity index (χ2n) is 5.06. The standard InChI is InChI=1S/C12H27N3O3/c1-6-13-7-8-15(14(5)9-10-16)11(17)18-12(2,3)4/h13,16H,6-10H2,1-5H3. The number of hydrogen-bond acceptors (Lipinski definition) is 5. The maximum absolute atomic E-state index is 12.0. The van der Waals surface area contributed by atoms with E-state index in [0.717, 1.165) is 6.54 Å². The van der Waals surface area contributed by atoms with Crippen LogP contribution < -0.4 is 5.32 Å². The summed E-state index contributed by atoms with van der Waals surface area (Å²) in [5.74, 6) is 0. The van der Waals surface area contributed by atoms with Crippen molar-refractivity contribution in [1.82, 2.24) is 15.3 Å². The molecule has 1 amide bonds. The molecule has 0 aromatic rings. The van der Waals surface area contributed by atoms with Gasteiger partial charge in [0.15, 0.2) is 0 Å². The molecule has 0 saturated carbocycles. The molecular weight excluding hydrogens is 234 g/mol. The Bertz CT molecular complexity index is 241. The first-order valence-electron chi connectivity index (χ1n) is 6.35. The minimum Gasteiger partial charge on any atom is -0.443 e. The van der Waals surface area contributed by atoms with E-state index in [1.807, 2.05) is 27.7 Å². The van der Waals surface area contributed by atoms with Crippen molar-refractivity contribution in [3.05, 3.63) is 0 Å².